The van der Waals surface area contributed by atoms with E-state index in [0.29, 0.717) is 23.5 Å². The van der Waals surface area contributed by atoms with E-state index in [1.807, 2.05) is 0 Å². The third-order valence-corrected chi connectivity index (χ3v) is 3.60. The van der Waals surface area contributed by atoms with Gasteiger partial charge in [0.25, 0.3) is 0 Å². The average Bonchev–Trinajstić information content (AvgIpc) is 2.94. The molecular formula is C14H14BrNO4. The van der Waals surface area contributed by atoms with Crippen LogP contribution in [0.3, 0.4) is 0 Å². The number of ether oxygens (including phenoxy) is 1. The van der Waals surface area contributed by atoms with E-state index in [1.165, 1.54) is 6.20 Å². The molecule has 0 fully saturated rings. The van der Waals surface area contributed by atoms with E-state index in [9.17, 15) is 9.90 Å². The average molecular weight is 340 g/mol. The summed E-state index contributed by atoms with van der Waals surface area (Å²) in [5, 5.41) is 13.0. The summed E-state index contributed by atoms with van der Waals surface area (Å²) in [7, 11) is 0. The molecule has 1 N–H and O–H groups in total. The minimum absolute atomic E-state index is 0.342. The minimum Gasteiger partial charge on any atom is -0.478 e. The summed E-state index contributed by atoms with van der Waals surface area (Å²) in [6.07, 6.45) is 1.87. The molecule has 0 aliphatic rings. The lowest BCUT2D eigenvalue weighted by Crippen LogP contribution is -2.40. The first kappa shape index (κ1) is 14.6. The van der Waals surface area contributed by atoms with Gasteiger partial charge in [-0.05, 0) is 31.5 Å². The van der Waals surface area contributed by atoms with Gasteiger partial charge in [0, 0.05) is 10.5 Å². The summed E-state index contributed by atoms with van der Waals surface area (Å²) >= 11 is 3.37. The second-order valence-electron chi connectivity index (χ2n) is 4.51. The smallest absolute Gasteiger partial charge is 0.347 e. The van der Waals surface area contributed by atoms with Gasteiger partial charge in [-0.2, -0.15) is 0 Å². The third-order valence-electron chi connectivity index (χ3n) is 3.11. The minimum atomic E-state index is -1.29. The number of hydrogen-bond acceptors (Lipinski definition) is 4. The zero-order valence-corrected chi connectivity index (χ0v) is 12.7. The summed E-state index contributed by atoms with van der Waals surface area (Å²) in [4.78, 5) is 11.4. The Balaban J connectivity index is 2.45. The fourth-order valence-electron chi connectivity index (χ4n) is 1.65. The quantitative estimate of drug-likeness (QED) is 0.898. The van der Waals surface area contributed by atoms with Crippen LogP contribution in [-0.4, -0.2) is 21.8 Å². The maximum absolute atomic E-state index is 11.4. The van der Waals surface area contributed by atoms with Gasteiger partial charge in [0.15, 0.2) is 5.76 Å². The van der Waals surface area contributed by atoms with E-state index in [4.69, 9.17) is 9.26 Å². The molecule has 0 bridgehead atoms. The van der Waals surface area contributed by atoms with Crippen molar-refractivity contribution in [3.8, 4) is 17.1 Å². The first-order valence-electron chi connectivity index (χ1n) is 6.09. The van der Waals surface area contributed by atoms with Gasteiger partial charge in [0.05, 0.1) is 11.8 Å². The van der Waals surface area contributed by atoms with Crippen molar-refractivity contribution in [1.29, 1.82) is 0 Å². The molecule has 0 saturated carbocycles. The Hall–Kier alpha value is -1.82. The van der Waals surface area contributed by atoms with E-state index >= 15 is 0 Å². The van der Waals surface area contributed by atoms with Gasteiger partial charge in [0.2, 0.25) is 5.60 Å². The van der Waals surface area contributed by atoms with Crippen LogP contribution >= 0.6 is 15.9 Å². The molecule has 20 heavy (non-hydrogen) atoms. The predicted octanol–water partition coefficient (Wildman–Crippen LogP) is 3.74. The van der Waals surface area contributed by atoms with Crippen LogP contribution < -0.4 is 4.74 Å². The van der Waals surface area contributed by atoms with Crippen LogP contribution in [0.25, 0.3) is 11.3 Å². The number of nitrogens with zero attached hydrogens (tertiary/aromatic N) is 1. The summed E-state index contributed by atoms with van der Waals surface area (Å²) in [5.74, 6) is -0.0479. The summed E-state index contributed by atoms with van der Waals surface area (Å²) in [5.41, 5.74) is -0.638. The number of halogens is 1. The maximum atomic E-state index is 11.4. The van der Waals surface area contributed by atoms with Crippen LogP contribution in [0, 0.1) is 0 Å². The number of aromatic nitrogens is 1. The highest BCUT2D eigenvalue weighted by Crippen LogP contribution is 2.35. The van der Waals surface area contributed by atoms with Crippen molar-refractivity contribution in [3.63, 3.8) is 0 Å². The predicted molar refractivity (Wildman–Crippen MR) is 76.6 cm³/mol. The zero-order chi connectivity index (χ0) is 14.8. The Labute approximate surface area is 124 Å². The highest BCUT2D eigenvalue weighted by molar-refractivity contribution is 9.10. The van der Waals surface area contributed by atoms with Crippen LogP contribution in [0.2, 0.25) is 0 Å². The highest BCUT2D eigenvalue weighted by atomic mass is 79.9. The molecule has 6 heteroatoms. The summed E-state index contributed by atoms with van der Waals surface area (Å²) in [6.45, 7) is 3.31. The molecule has 0 spiro atoms. The second-order valence-corrected chi connectivity index (χ2v) is 5.42. The Morgan fingerprint density at radius 1 is 1.50 bits per heavy atom. The zero-order valence-electron chi connectivity index (χ0n) is 11.1. The molecular weight excluding hydrogens is 326 g/mol. The molecule has 1 atom stereocenters. The van der Waals surface area contributed by atoms with Crippen molar-refractivity contribution in [3.05, 3.63) is 34.9 Å². The maximum Gasteiger partial charge on any atom is 0.347 e. The van der Waals surface area contributed by atoms with Gasteiger partial charge >= 0.3 is 5.97 Å². The fraction of sp³-hybridized carbons (Fsp3) is 0.286. The van der Waals surface area contributed by atoms with Gasteiger partial charge in [-0.3, -0.25) is 0 Å². The summed E-state index contributed by atoms with van der Waals surface area (Å²) in [6, 6.07) is 6.98. The van der Waals surface area contributed by atoms with Crippen molar-refractivity contribution >= 4 is 21.9 Å². The molecule has 2 aromatic rings. The lowest BCUT2D eigenvalue weighted by Gasteiger charge is -2.26. The summed E-state index contributed by atoms with van der Waals surface area (Å²) < 4.78 is 11.7. The van der Waals surface area contributed by atoms with Crippen molar-refractivity contribution < 1.29 is 19.2 Å². The number of aliphatic carboxylic acids is 1. The molecule has 0 aliphatic carbocycles. The first-order chi connectivity index (χ1) is 9.46. The molecule has 1 aromatic carbocycles. The van der Waals surface area contributed by atoms with Crippen LogP contribution in [0.4, 0.5) is 0 Å². The van der Waals surface area contributed by atoms with Crippen LogP contribution in [-0.2, 0) is 4.79 Å². The largest absolute Gasteiger partial charge is 0.478 e. The van der Waals surface area contributed by atoms with Crippen LogP contribution in [0.5, 0.6) is 5.75 Å². The number of carboxylic acids is 1. The Kier molecular flexibility index (Phi) is 4.13. The molecule has 0 saturated heterocycles. The normalized spacial score (nSPS) is 13.8. The number of benzene rings is 1. The van der Waals surface area contributed by atoms with E-state index in [2.05, 4.69) is 21.1 Å². The number of carbonyl (C=O) groups is 1. The van der Waals surface area contributed by atoms with E-state index in [1.54, 1.807) is 38.1 Å². The molecule has 5 nitrogen and oxygen atoms in total. The van der Waals surface area contributed by atoms with Gasteiger partial charge in [-0.15, -0.1) is 0 Å². The fourth-order valence-corrected chi connectivity index (χ4v) is 2.01. The molecule has 1 aromatic heterocycles. The Bertz CT molecular complexity index is 612. The molecule has 1 unspecified atom stereocenters. The molecule has 106 valence electrons. The van der Waals surface area contributed by atoms with Crippen LogP contribution in [0.15, 0.2) is 39.5 Å². The SMILES string of the molecule is CCC(C)(Oc1ccc(Br)cc1-c1ccno1)C(=O)O. The molecule has 1 heterocycles. The first-order valence-corrected chi connectivity index (χ1v) is 6.88. The van der Waals surface area contributed by atoms with Gasteiger partial charge in [0.1, 0.15) is 5.75 Å². The van der Waals surface area contributed by atoms with Crippen molar-refractivity contribution in [2.45, 2.75) is 25.9 Å². The number of rotatable bonds is 5. The number of hydrogen-bond donors (Lipinski definition) is 1. The Morgan fingerprint density at radius 3 is 2.80 bits per heavy atom. The van der Waals surface area contributed by atoms with E-state index < -0.39 is 11.6 Å². The molecule has 0 aliphatic heterocycles. The second kappa shape index (κ2) is 5.66. The topological polar surface area (TPSA) is 72.6 Å². The molecule has 0 radical (unpaired) electrons. The highest BCUT2D eigenvalue weighted by Gasteiger charge is 2.34. The lowest BCUT2D eigenvalue weighted by atomic mass is 10.0. The van der Waals surface area contributed by atoms with Gasteiger partial charge in [-0.1, -0.05) is 28.0 Å². The number of carboxylic acid groups (broad SMARTS) is 1. The van der Waals surface area contributed by atoms with Crippen molar-refractivity contribution in [2.24, 2.45) is 0 Å². The molecule has 0 amide bonds. The standard InChI is InChI=1S/C14H14BrNO4/c1-3-14(2,13(17)18)19-11-5-4-9(15)8-10(11)12-6-7-16-20-12/h4-8H,3H2,1-2H3,(H,17,18). The van der Waals surface area contributed by atoms with Crippen LogP contribution in [0.1, 0.15) is 20.3 Å². The lowest BCUT2D eigenvalue weighted by molar-refractivity contribution is -0.153. The monoisotopic (exact) mass is 339 g/mol. The van der Waals surface area contributed by atoms with Gasteiger partial charge in [-0.25, -0.2) is 4.79 Å². The molecule has 2 rings (SSSR count). The van der Waals surface area contributed by atoms with E-state index in [-0.39, 0.29) is 0 Å². The Morgan fingerprint density at radius 2 is 2.25 bits per heavy atom. The van der Waals surface area contributed by atoms with Gasteiger partial charge < -0.3 is 14.4 Å². The van der Waals surface area contributed by atoms with Crippen molar-refractivity contribution in [1.82, 2.24) is 5.16 Å². The third kappa shape index (κ3) is 2.85. The van der Waals surface area contributed by atoms with Crippen molar-refractivity contribution in [2.75, 3.05) is 0 Å². The van der Waals surface area contributed by atoms with E-state index in [0.717, 1.165) is 4.47 Å².